The summed E-state index contributed by atoms with van der Waals surface area (Å²) in [7, 11) is 1.57. The van der Waals surface area contributed by atoms with Crippen molar-refractivity contribution in [1.29, 1.82) is 0 Å². The van der Waals surface area contributed by atoms with E-state index < -0.39 is 0 Å². The SMILES string of the molecule is COc1ccc2c(=O)c3ccc(N)cc3oc2c1. The fourth-order valence-corrected chi connectivity index (χ4v) is 1.98. The van der Waals surface area contributed by atoms with Crippen molar-refractivity contribution >= 4 is 27.6 Å². The minimum atomic E-state index is -0.0612. The molecule has 3 aromatic rings. The number of nitrogens with two attached hydrogens (primary N) is 1. The van der Waals surface area contributed by atoms with Crippen LogP contribution in [0.25, 0.3) is 21.9 Å². The van der Waals surface area contributed by atoms with Gasteiger partial charge in [-0.05, 0) is 24.3 Å². The van der Waals surface area contributed by atoms with Gasteiger partial charge in [-0.1, -0.05) is 0 Å². The molecule has 0 radical (unpaired) electrons. The second-order valence-corrected chi connectivity index (χ2v) is 4.05. The van der Waals surface area contributed by atoms with Gasteiger partial charge in [-0.3, -0.25) is 4.79 Å². The van der Waals surface area contributed by atoms with Gasteiger partial charge in [-0.25, -0.2) is 0 Å². The molecular formula is C14H11NO3. The Morgan fingerprint density at radius 1 is 1.06 bits per heavy atom. The highest BCUT2D eigenvalue weighted by Crippen LogP contribution is 2.23. The van der Waals surface area contributed by atoms with Gasteiger partial charge in [-0.2, -0.15) is 0 Å². The molecule has 0 spiro atoms. The van der Waals surface area contributed by atoms with E-state index in [1.165, 1.54) is 0 Å². The molecule has 0 atom stereocenters. The molecular weight excluding hydrogens is 230 g/mol. The molecule has 0 saturated heterocycles. The van der Waals surface area contributed by atoms with Crippen molar-refractivity contribution in [2.75, 3.05) is 12.8 Å². The number of fused-ring (bicyclic) bond motifs is 2. The van der Waals surface area contributed by atoms with E-state index in [1.807, 2.05) is 0 Å². The Morgan fingerprint density at radius 2 is 1.72 bits per heavy atom. The van der Waals surface area contributed by atoms with E-state index in [4.69, 9.17) is 14.9 Å². The monoisotopic (exact) mass is 241 g/mol. The number of hydrogen-bond donors (Lipinski definition) is 1. The summed E-state index contributed by atoms with van der Waals surface area (Å²) in [4.78, 5) is 12.3. The van der Waals surface area contributed by atoms with E-state index in [1.54, 1.807) is 43.5 Å². The van der Waals surface area contributed by atoms with E-state index in [2.05, 4.69) is 0 Å². The molecule has 4 heteroatoms. The first kappa shape index (κ1) is 10.7. The van der Waals surface area contributed by atoms with Crippen molar-refractivity contribution in [1.82, 2.24) is 0 Å². The normalized spacial score (nSPS) is 10.9. The Morgan fingerprint density at radius 3 is 2.44 bits per heavy atom. The minimum absolute atomic E-state index is 0.0612. The van der Waals surface area contributed by atoms with E-state index in [0.717, 1.165) is 0 Å². The van der Waals surface area contributed by atoms with Crippen molar-refractivity contribution in [2.45, 2.75) is 0 Å². The van der Waals surface area contributed by atoms with Crippen LogP contribution >= 0.6 is 0 Å². The minimum Gasteiger partial charge on any atom is -0.497 e. The fourth-order valence-electron chi connectivity index (χ4n) is 1.98. The fraction of sp³-hybridized carbons (Fsp3) is 0.0714. The maximum absolute atomic E-state index is 12.3. The van der Waals surface area contributed by atoms with Crippen LogP contribution in [0.15, 0.2) is 45.6 Å². The summed E-state index contributed by atoms with van der Waals surface area (Å²) < 4.78 is 10.8. The van der Waals surface area contributed by atoms with Gasteiger partial charge >= 0.3 is 0 Å². The smallest absolute Gasteiger partial charge is 0.200 e. The zero-order valence-electron chi connectivity index (χ0n) is 9.77. The van der Waals surface area contributed by atoms with Gasteiger partial charge in [0.15, 0.2) is 0 Å². The number of methoxy groups -OCH3 is 1. The highest BCUT2D eigenvalue weighted by atomic mass is 16.5. The van der Waals surface area contributed by atoms with Crippen molar-refractivity contribution in [3.05, 3.63) is 46.6 Å². The molecule has 1 aromatic heterocycles. The quantitative estimate of drug-likeness (QED) is 0.525. The lowest BCUT2D eigenvalue weighted by Crippen LogP contribution is -2.02. The molecule has 0 bridgehead atoms. The van der Waals surface area contributed by atoms with E-state index in [9.17, 15) is 4.79 Å². The van der Waals surface area contributed by atoms with Gasteiger partial charge in [0, 0.05) is 17.8 Å². The summed E-state index contributed by atoms with van der Waals surface area (Å²) in [5.41, 5.74) is 7.17. The first-order valence-electron chi connectivity index (χ1n) is 5.49. The van der Waals surface area contributed by atoms with E-state index in [0.29, 0.717) is 33.4 Å². The second-order valence-electron chi connectivity index (χ2n) is 4.05. The Balaban J connectivity index is 2.48. The zero-order chi connectivity index (χ0) is 12.7. The Bertz CT molecular complexity index is 805. The maximum Gasteiger partial charge on any atom is 0.200 e. The van der Waals surface area contributed by atoms with Crippen LogP contribution in [0, 0.1) is 0 Å². The van der Waals surface area contributed by atoms with Gasteiger partial charge in [0.25, 0.3) is 0 Å². The van der Waals surface area contributed by atoms with Gasteiger partial charge in [-0.15, -0.1) is 0 Å². The lowest BCUT2D eigenvalue weighted by atomic mass is 10.1. The Kier molecular flexibility index (Phi) is 2.23. The van der Waals surface area contributed by atoms with Crippen LogP contribution in [0.3, 0.4) is 0 Å². The molecule has 2 aromatic carbocycles. The molecule has 3 rings (SSSR count). The average Bonchev–Trinajstić information content (AvgIpc) is 2.38. The molecule has 2 N–H and O–H groups in total. The summed E-state index contributed by atoms with van der Waals surface area (Å²) in [6.45, 7) is 0. The molecule has 0 amide bonds. The molecule has 0 aliphatic rings. The van der Waals surface area contributed by atoms with Gasteiger partial charge < -0.3 is 14.9 Å². The third kappa shape index (κ3) is 1.50. The van der Waals surface area contributed by atoms with Crippen molar-refractivity contribution in [3.8, 4) is 5.75 Å². The largest absolute Gasteiger partial charge is 0.497 e. The molecule has 90 valence electrons. The third-order valence-corrected chi connectivity index (χ3v) is 2.90. The van der Waals surface area contributed by atoms with Crippen LogP contribution < -0.4 is 15.9 Å². The maximum atomic E-state index is 12.3. The molecule has 0 aliphatic heterocycles. The molecule has 0 aliphatic carbocycles. The first-order valence-corrected chi connectivity index (χ1v) is 5.49. The third-order valence-electron chi connectivity index (χ3n) is 2.90. The van der Waals surface area contributed by atoms with E-state index >= 15 is 0 Å². The van der Waals surface area contributed by atoms with Crippen LogP contribution in [-0.2, 0) is 0 Å². The molecule has 18 heavy (non-hydrogen) atoms. The molecule has 0 fully saturated rings. The Hall–Kier alpha value is -2.49. The van der Waals surface area contributed by atoms with Crippen LogP contribution in [0.5, 0.6) is 5.75 Å². The number of rotatable bonds is 1. The van der Waals surface area contributed by atoms with E-state index in [-0.39, 0.29) is 5.43 Å². The van der Waals surface area contributed by atoms with Crippen LogP contribution in [0.4, 0.5) is 5.69 Å². The average molecular weight is 241 g/mol. The first-order chi connectivity index (χ1) is 8.69. The topological polar surface area (TPSA) is 65.5 Å². The zero-order valence-corrected chi connectivity index (χ0v) is 9.77. The predicted octanol–water partition coefficient (Wildman–Crippen LogP) is 2.54. The molecule has 0 unspecified atom stereocenters. The highest BCUT2D eigenvalue weighted by Gasteiger charge is 2.08. The number of hydrogen-bond acceptors (Lipinski definition) is 4. The standard InChI is InChI=1S/C14H11NO3/c1-17-9-3-5-11-13(7-9)18-12-6-8(15)2-4-10(12)14(11)16/h2-7H,15H2,1H3. The summed E-state index contributed by atoms with van der Waals surface area (Å²) in [6, 6.07) is 10.2. The number of ether oxygens (including phenoxy) is 1. The number of nitrogen functional groups attached to an aromatic ring is 1. The summed E-state index contributed by atoms with van der Waals surface area (Å²) in [5, 5.41) is 1.06. The van der Waals surface area contributed by atoms with Gasteiger partial charge in [0.05, 0.1) is 17.9 Å². The van der Waals surface area contributed by atoms with Crippen LogP contribution in [0.2, 0.25) is 0 Å². The number of anilines is 1. The van der Waals surface area contributed by atoms with Crippen LogP contribution in [0.1, 0.15) is 0 Å². The van der Waals surface area contributed by atoms with Crippen molar-refractivity contribution in [2.24, 2.45) is 0 Å². The number of benzene rings is 2. The van der Waals surface area contributed by atoms with Crippen LogP contribution in [-0.4, -0.2) is 7.11 Å². The second kappa shape index (κ2) is 3.77. The molecule has 0 saturated carbocycles. The summed E-state index contributed by atoms with van der Waals surface area (Å²) in [5.74, 6) is 0.647. The molecule has 1 heterocycles. The van der Waals surface area contributed by atoms with Gasteiger partial charge in [0.1, 0.15) is 16.9 Å². The van der Waals surface area contributed by atoms with Gasteiger partial charge in [0.2, 0.25) is 5.43 Å². The predicted molar refractivity (Wildman–Crippen MR) is 71.0 cm³/mol. The highest BCUT2D eigenvalue weighted by molar-refractivity contribution is 5.91. The Labute approximate surface area is 103 Å². The molecule has 4 nitrogen and oxygen atoms in total. The lowest BCUT2D eigenvalue weighted by molar-refractivity contribution is 0.414. The van der Waals surface area contributed by atoms with Crippen molar-refractivity contribution in [3.63, 3.8) is 0 Å². The summed E-state index contributed by atoms with van der Waals surface area (Å²) >= 11 is 0. The summed E-state index contributed by atoms with van der Waals surface area (Å²) in [6.07, 6.45) is 0. The lowest BCUT2D eigenvalue weighted by Gasteiger charge is -2.04. The van der Waals surface area contributed by atoms with Crippen molar-refractivity contribution < 1.29 is 9.15 Å².